The van der Waals surface area contributed by atoms with Crippen LogP contribution in [0.15, 0.2) is 53.9 Å². The molecule has 6 rings (SSSR count). The number of nitrogens with zero attached hydrogens (tertiary/aromatic N) is 4. The lowest BCUT2D eigenvalue weighted by atomic mass is 9.93. The summed E-state index contributed by atoms with van der Waals surface area (Å²) in [6.45, 7) is 11.8. The summed E-state index contributed by atoms with van der Waals surface area (Å²) in [6.07, 6.45) is 6.42. The number of allylic oxidation sites excluding steroid dienone is 3. The Bertz CT molecular complexity index is 1590. The van der Waals surface area contributed by atoms with E-state index in [1.807, 2.05) is 12.1 Å². The summed E-state index contributed by atoms with van der Waals surface area (Å²) in [4.78, 5) is 19.1. The van der Waals surface area contributed by atoms with Crippen LogP contribution in [0.3, 0.4) is 0 Å². The van der Waals surface area contributed by atoms with Gasteiger partial charge in [0.25, 0.3) is 0 Å². The topological polar surface area (TPSA) is 108 Å². The average molecular weight is 601 g/mol. The molecule has 1 N–H and O–H groups in total. The number of hydrogen-bond donors (Lipinski definition) is 1. The highest BCUT2D eigenvalue weighted by Gasteiger charge is 2.25. The fourth-order valence-electron chi connectivity index (χ4n) is 6.23. The molecule has 1 atom stereocenters. The molecular weight excluding hydrogens is 560 g/mol. The molecule has 4 heterocycles. The van der Waals surface area contributed by atoms with Crippen LogP contribution in [0.4, 0.5) is 0 Å². The van der Waals surface area contributed by atoms with E-state index in [4.69, 9.17) is 23.9 Å². The predicted octanol–water partition coefficient (Wildman–Crippen LogP) is 5.11. The Morgan fingerprint density at radius 3 is 2.84 bits per heavy atom. The second kappa shape index (κ2) is 13.3. The standard InChI is InChI=1S/C34H40N4O6/c1-4-42-33-28(34(39)40)17-35-38(33)31-10-6-9-30(36-31)27-8-5-7-22(2)32(27)44-20-24-15-23(3)29-19-37(12-11-25(29)16-24)18-26-21-41-13-14-43-26/h6,8-10,15-17,26H,4-5,7,11-14,18-21H2,1-3H3,(H,39,40). The van der Waals surface area contributed by atoms with E-state index in [-0.39, 0.29) is 17.5 Å². The predicted molar refractivity (Wildman–Crippen MR) is 165 cm³/mol. The first-order chi connectivity index (χ1) is 21.4. The molecule has 3 aliphatic rings. The number of benzene rings is 1. The maximum atomic E-state index is 11.7. The van der Waals surface area contributed by atoms with Gasteiger partial charge < -0.3 is 24.1 Å². The summed E-state index contributed by atoms with van der Waals surface area (Å²) in [7, 11) is 0. The highest BCUT2D eigenvalue weighted by Crippen LogP contribution is 2.34. The third-order valence-electron chi connectivity index (χ3n) is 8.40. The van der Waals surface area contributed by atoms with Crippen LogP contribution in [0, 0.1) is 6.92 Å². The highest BCUT2D eigenvalue weighted by molar-refractivity contribution is 5.90. The number of aryl methyl sites for hydroxylation is 1. The number of carbonyl (C=O) groups is 1. The van der Waals surface area contributed by atoms with Gasteiger partial charge in [0.2, 0.25) is 5.88 Å². The molecule has 0 bridgehead atoms. The molecule has 1 saturated heterocycles. The third kappa shape index (κ3) is 6.43. The lowest BCUT2D eigenvalue weighted by Gasteiger charge is -2.34. The Kier molecular flexibility index (Phi) is 9.11. The van der Waals surface area contributed by atoms with Gasteiger partial charge in [-0.15, -0.1) is 0 Å². The van der Waals surface area contributed by atoms with E-state index < -0.39 is 5.97 Å². The van der Waals surface area contributed by atoms with Crippen LogP contribution in [-0.2, 0) is 33.8 Å². The summed E-state index contributed by atoms with van der Waals surface area (Å²) in [5.74, 6) is 0.379. The van der Waals surface area contributed by atoms with Gasteiger partial charge in [-0.1, -0.05) is 24.3 Å². The SMILES string of the molecule is CCOc1c(C(=O)O)cnn1-c1cccc(C2=CCCC(C)=C2OCc2cc(C)c3c(c2)CCN(CC2COCCO2)C3)n1. The molecule has 1 fully saturated rings. The minimum atomic E-state index is -1.10. The van der Waals surface area contributed by atoms with Gasteiger partial charge in [0.15, 0.2) is 5.82 Å². The Balaban J connectivity index is 1.18. The zero-order valence-corrected chi connectivity index (χ0v) is 25.7. The van der Waals surface area contributed by atoms with Gasteiger partial charge in [-0.2, -0.15) is 9.78 Å². The number of ether oxygens (including phenoxy) is 4. The fourth-order valence-corrected chi connectivity index (χ4v) is 6.23. The molecule has 1 unspecified atom stereocenters. The zero-order chi connectivity index (χ0) is 30.6. The fraction of sp³-hybridized carbons (Fsp3) is 0.441. The summed E-state index contributed by atoms with van der Waals surface area (Å²) in [5, 5.41) is 13.9. The molecule has 1 aromatic carbocycles. The average Bonchev–Trinajstić information content (AvgIpc) is 3.45. The number of carboxylic acids is 1. The van der Waals surface area contributed by atoms with Gasteiger partial charge >= 0.3 is 5.97 Å². The first kappa shape index (κ1) is 30.1. The van der Waals surface area contributed by atoms with E-state index in [2.05, 4.69) is 42.1 Å². The van der Waals surface area contributed by atoms with Gasteiger partial charge in [0.1, 0.15) is 17.9 Å². The molecule has 2 aliphatic heterocycles. The van der Waals surface area contributed by atoms with E-state index in [1.54, 1.807) is 13.0 Å². The van der Waals surface area contributed by atoms with Crippen molar-refractivity contribution in [1.29, 1.82) is 0 Å². The Hall–Kier alpha value is -3.99. The van der Waals surface area contributed by atoms with E-state index in [1.165, 1.54) is 33.1 Å². The first-order valence-electron chi connectivity index (χ1n) is 15.4. The van der Waals surface area contributed by atoms with Gasteiger partial charge in [-0.3, -0.25) is 4.90 Å². The maximum absolute atomic E-state index is 11.7. The number of rotatable bonds is 10. The van der Waals surface area contributed by atoms with Crippen LogP contribution in [-0.4, -0.2) is 76.4 Å². The molecule has 2 aromatic heterocycles. The van der Waals surface area contributed by atoms with E-state index in [0.29, 0.717) is 38.9 Å². The smallest absolute Gasteiger partial charge is 0.342 e. The molecule has 10 nitrogen and oxygen atoms in total. The summed E-state index contributed by atoms with van der Waals surface area (Å²) < 4.78 is 25.1. The minimum Gasteiger partial charge on any atom is -0.488 e. The first-order valence-corrected chi connectivity index (χ1v) is 15.4. The van der Waals surface area contributed by atoms with Crippen molar-refractivity contribution in [3.8, 4) is 11.7 Å². The maximum Gasteiger partial charge on any atom is 0.342 e. The van der Waals surface area contributed by atoms with Crippen molar-refractivity contribution in [2.45, 2.75) is 59.3 Å². The van der Waals surface area contributed by atoms with Crippen molar-refractivity contribution >= 4 is 11.5 Å². The minimum absolute atomic E-state index is 0.00316. The quantitative estimate of drug-likeness (QED) is 0.340. The van der Waals surface area contributed by atoms with Crippen LogP contribution in [0.5, 0.6) is 5.88 Å². The van der Waals surface area contributed by atoms with E-state index >= 15 is 0 Å². The van der Waals surface area contributed by atoms with Gasteiger partial charge in [-0.05, 0) is 80.0 Å². The van der Waals surface area contributed by atoms with Crippen molar-refractivity contribution in [2.75, 3.05) is 39.5 Å². The number of carboxylic acid groups (broad SMARTS) is 1. The number of hydrogen-bond acceptors (Lipinski definition) is 8. The Labute approximate surface area is 257 Å². The van der Waals surface area contributed by atoms with Crippen molar-refractivity contribution in [1.82, 2.24) is 19.7 Å². The van der Waals surface area contributed by atoms with Gasteiger partial charge in [0, 0.05) is 25.2 Å². The van der Waals surface area contributed by atoms with E-state index in [9.17, 15) is 9.90 Å². The van der Waals surface area contributed by atoms with Crippen LogP contribution in [0.25, 0.3) is 11.4 Å². The van der Waals surface area contributed by atoms with Crippen LogP contribution >= 0.6 is 0 Å². The number of aromatic nitrogens is 3. The van der Waals surface area contributed by atoms with Crippen LogP contribution in [0.1, 0.15) is 65.0 Å². The van der Waals surface area contributed by atoms with E-state index in [0.717, 1.165) is 61.5 Å². The molecule has 232 valence electrons. The lowest BCUT2D eigenvalue weighted by molar-refractivity contribution is -0.0985. The summed E-state index contributed by atoms with van der Waals surface area (Å²) in [5.41, 5.74) is 8.08. The largest absolute Gasteiger partial charge is 0.488 e. The van der Waals surface area contributed by atoms with Crippen LogP contribution in [0.2, 0.25) is 0 Å². The molecule has 0 radical (unpaired) electrons. The molecule has 1 aliphatic carbocycles. The van der Waals surface area contributed by atoms with Crippen molar-refractivity contribution in [3.63, 3.8) is 0 Å². The normalized spacial score (nSPS) is 19.0. The monoisotopic (exact) mass is 600 g/mol. The number of fused-ring (bicyclic) bond motifs is 1. The number of pyridine rings is 1. The zero-order valence-electron chi connectivity index (χ0n) is 25.7. The summed E-state index contributed by atoms with van der Waals surface area (Å²) in [6, 6.07) is 10.2. The van der Waals surface area contributed by atoms with Crippen molar-refractivity contribution < 1.29 is 28.8 Å². The third-order valence-corrected chi connectivity index (χ3v) is 8.40. The Morgan fingerprint density at radius 2 is 2.05 bits per heavy atom. The lowest BCUT2D eigenvalue weighted by Crippen LogP contribution is -2.42. The Morgan fingerprint density at radius 1 is 1.16 bits per heavy atom. The molecule has 10 heteroatoms. The number of aromatic carboxylic acids is 1. The molecule has 0 amide bonds. The molecule has 0 spiro atoms. The molecule has 44 heavy (non-hydrogen) atoms. The van der Waals surface area contributed by atoms with Gasteiger partial charge in [-0.25, -0.2) is 9.78 Å². The highest BCUT2D eigenvalue weighted by atomic mass is 16.6. The molecular formula is C34H40N4O6. The van der Waals surface area contributed by atoms with Crippen molar-refractivity contribution in [2.24, 2.45) is 0 Å². The van der Waals surface area contributed by atoms with Gasteiger partial charge in [0.05, 0.1) is 44.4 Å². The second-order valence-corrected chi connectivity index (χ2v) is 11.6. The van der Waals surface area contributed by atoms with Crippen molar-refractivity contribution in [3.05, 3.63) is 87.4 Å². The second-order valence-electron chi connectivity index (χ2n) is 11.6. The summed E-state index contributed by atoms with van der Waals surface area (Å²) >= 11 is 0. The van der Waals surface area contributed by atoms with Crippen LogP contribution < -0.4 is 4.74 Å². The molecule has 0 saturated carbocycles. The molecule has 3 aromatic rings.